The summed E-state index contributed by atoms with van der Waals surface area (Å²) in [7, 11) is 1.44. The molecule has 0 aromatic heterocycles. The molecule has 6 atom stereocenters. The Morgan fingerprint density at radius 2 is 1.81 bits per heavy atom. The summed E-state index contributed by atoms with van der Waals surface area (Å²) in [6.45, 7) is 12.1. The van der Waals surface area contributed by atoms with Crippen molar-refractivity contribution in [3.63, 3.8) is 0 Å². The summed E-state index contributed by atoms with van der Waals surface area (Å²) < 4.78 is 62.3. The molecule has 8 nitrogen and oxygen atoms in total. The van der Waals surface area contributed by atoms with Crippen LogP contribution in [0, 0.1) is 0 Å². The fourth-order valence-corrected chi connectivity index (χ4v) is 4.26. The number of aliphatic imine (C=N–C) groups is 1. The number of rotatable bonds is 7. The first-order valence-corrected chi connectivity index (χ1v) is 10.7. The van der Waals surface area contributed by atoms with E-state index in [0.29, 0.717) is 0 Å². The topological polar surface area (TPSA) is 89.8 Å². The summed E-state index contributed by atoms with van der Waals surface area (Å²) in [5, 5.41) is 10.2. The molecule has 1 N–H and O–H groups in total. The molecule has 182 valence electrons. The summed E-state index contributed by atoms with van der Waals surface area (Å²) in [4.78, 5) is 18.0. The Kier molecular flexibility index (Phi) is 8.79. The van der Waals surface area contributed by atoms with Gasteiger partial charge < -0.3 is 24.1 Å². The van der Waals surface area contributed by atoms with Gasteiger partial charge in [-0.15, -0.1) is 13.2 Å². The van der Waals surface area contributed by atoms with Crippen molar-refractivity contribution in [2.75, 3.05) is 20.3 Å². The number of thioether (sulfide) groups is 1. The average Bonchev–Trinajstić information content (AvgIpc) is 3.10. The van der Waals surface area contributed by atoms with E-state index in [1.165, 1.54) is 19.2 Å². The Bertz CT molecular complexity index is 727. The molecule has 0 saturated carbocycles. The van der Waals surface area contributed by atoms with Crippen LogP contribution in [0.3, 0.4) is 0 Å². The molecule has 1 unspecified atom stereocenters. The molecule has 2 heterocycles. The fraction of sp³-hybridized carbons (Fsp3) is 0.700. The van der Waals surface area contributed by atoms with Gasteiger partial charge in [0.05, 0.1) is 13.2 Å². The zero-order valence-corrected chi connectivity index (χ0v) is 19.2. The van der Waals surface area contributed by atoms with Gasteiger partial charge in [0.15, 0.2) is 11.3 Å². The largest absolute Gasteiger partial charge is 0.443 e. The van der Waals surface area contributed by atoms with Crippen LogP contribution in [0.1, 0.15) is 20.8 Å². The number of hydrogen-bond donors (Lipinski definition) is 1. The van der Waals surface area contributed by atoms with Crippen LogP contribution in [0.4, 0.5) is 18.0 Å². The molecule has 32 heavy (non-hydrogen) atoms. The Balaban J connectivity index is 2.35. The zero-order chi connectivity index (χ0) is 24.3. The Hall–Kier alpha value is -1.60. The van der Waals surface area contributed by atoms with Crippen molar-refractivity contribution >= 4 is 23.0 Å². The number of carbonyl (C=O) groups excluding carboxylic acids is 1. The maximum absolute atomic E-state index is 13.4. The van der Waals surface area contributed by atoms with E-state index in [-0.39, 0.29) is 18.4 Å². The predicted octanol–water partition coefficient (Wildman–Crippen LogP) is 3.12. The number of amidine groups is 1. The lowest BCUT2D eigenvalue weighted by molar-refractivity contribution is -0.279. The average molecular weight is 483 g/mol. The van der Waals surface area contributed by atoms with Gasteiger partial charge in [0.25, 0.3) is 0 Å². The minimum absolute atomic E-state index is 0.00803. The summed E-state index contributed by atoms with van der Waals surface area (Å²) in [6.07, 6.45) is -9.74. The second-order valence-electron chi connectivity index (χ2n) is 8.19. The van der Waals surface area contributed by atoms with E-state index >= 15 is 0 Å². The standard InChI is InChI=1S/C20H29F3N2O6S/c1-7-9-28-12-11-16(32-17(24-11)25(6)18(27)31-19(3,4)5)30-14(13(12)29-10-8-2)15(26)20(21,22)23/h7-8,11-16,26H,1-2,9-10H2,3-6H3/t11-,12-,13+,14+,15?,16-/m1/s1. The Labute approximate surface area is 189 Å². The van der Waals surface area contributed by atoms with Gasteiger partial charge in [0.1, 0.15) is 35.4 Å². The number of carbonyl (C=O) groups is 1. The SMILES string of the molecule is C=CCO[C@@H]1[C@H]2N=C(N(C)C(=O)OC(C)(C)C)S[C@H]2O[C@H](C(O)C(F)(F)F)[C@H]1OCC=C. The van der Waals surface area contributed by atoms with Crippen molar-refractivity contribution in [3.8, 4) is 0 Å². The van der Waals surface area contributed by atoms with Crippen LogP contribution in [0.5, 0.6) is 0 Å². The van der Waals surface area contributed by atoms with Gasteiger partial charge in [-0.25, -0.2) is 4.79 Å². The van der Waals surface area contributed by atoms with Crippen molar-refractivity contribution in [2.45, 2.75) is 68.4 Å². The number of fused-ring (bicyclic) bond motifs is 1. The summed E-state index contributed by atoms with van der Waals surface area (Å²) in [6, 6.07) is -0.800. The summed E-state index contributed by atoms with van der Waals surface area (Å²) >= 11 is 0.945. The van der Waals surface area contributed by atoms with E-state index in [2.05, 4.69) is 18.2 Å². The molecule has 0 aromatic carbocycles. The number of aliphatic hydroxyl groups is 1. The number of hydrogen-bond acceptors (Lipinski definition) is 8. The first-order chi connectivity index (χ1) is 14.8. The molecule has 0 spiro atoms. The molecule has 0 aliphatic carbocycles. The molecular formula is C20H29F3N2O6S. The van der Waals surface area contributed by atoms with Crippen LogP contribution in [0.25, 0.3) is 0 Å². The third-order valence-corrected chi connectivity index (χ3v) is 5.66. The maximum Gasteiger partial charge on any atom is 0.417 e. The van der Waals surface area contributed by atoms with Gasteiger partial charge in [0.2, 0.25) is 0 Å². The van der Waals surface area contributed by atoms with Crippen molar-refractivity contribution in [1.82, 2.24) is 4.90 Å². The molecule has 1 fully saturated rings. The van der Waals surface area contributed by atoms with Gasteiger partial charge in [-0.05, 0) is 20.8 Å². The number of aliphatic hydroxyl groups excluding tert-OH is 1. The highest BCUT2D eigenvalue weighted by atomic mass is 32.2. The third-order valence-electron chi connectivity index (χ3n) is 4.45. The molecule has 1 saturated heterocycles. The second-order valence-corrected chi connectivity index (χ2v) is 9.25. The molecule has 0 radical (unpaired) electrons. The van der Waals surface area contributed by atoms with Gasteiger partial charge in [-0.3, -0.25) is 9.89 Å². The third kappa shape index (κ3) is 6.47. The van der Waals surface area contributed by atoms with Crippen LogP contribution in [-0.4, -0.2) is 89.2 Å². The lowest BCUT2D eigenvalue weighted by atomic mass is 9.94. The highest BCUT2D eigenvalue weighted by Crippen LogP contribution is 2.42. The summed E-state index contributed by atoms with van der Waals surface area (Å²) in [5.74, 6) is 0. The monoisotopic (exact) mass is 482 g/mol. The van der Waals surface area contributed by atoms with Crippen molar-refractivity contribution < 1.29 is 42.0 Å². The van der Waals surface area contributed by atoms with Gasteiger partial charge >= 0.3 is 12.3 Å². The molecule has 0 aromatic rings. The number of alkyl halides is 3. The second kappa shape index (κ2) is 10.6. The van der Waals surface area contributed by atoms with E-state index in [0.717, 1.165) is 16.7 Å². The fourth-order valence-electron chi connectivity index (χ4n) is 3.10. The predicted molar refractivity (Wildman–Crippen MR) is 113 cm³/mol. The van der Waals surface area contributed by atoms with Crippen LogP contribution in [0.15, 0.2) is 30.3 Å². The van der Waals surface area contributed by atoms with Crippen molar-refractivity contribution in [3.05, 3.63) is 25.3 Å². The first kappa shape index (κ1) is 26.7. The normalized spacial score (nSPS) is 29.0. The van der Waals surface area contributed by atoms with E-state index < -0.39 is 53.8 Å². The lowest BCUT2D eigenvalue weighted by Crippen LogP contribution is -2.62. The Morgan fingerprint density at radius 3 is 2.31 bits per heavy atom. The number of amides is 1. The minimum atomic E-state index is -4.95. The van der Waals surface area contributed by atoms with E-state index in [4.69, 9.17) is 18.9 Å². The van der Waals surface area contributed by atoms with Crippen molar-refractivity contribution in [2.24, 2.45) is 4.99 Å². The van der Waals surface area contributed by atoms with Gasteiger partial charge in [-0.2, -0.15) is 13.2 Å². The van der Waals surface area contributed by atoms with Crippen LogP contribution in [-0.2, 0) is 18.9 Å². The highest BCUT2D eigenvalue weighted by molar-refractivity contribution is 8.14. The molecule has 2 rings (SSSR count). The minimum Gasteiger partial charge on any atom is -0.443 e. The van der Waals surface area contributed by atoms with E-state index in [9.17, 15) is 23.1 Å². The first-order valence-electron chi connectivity index (χ1n) is 9.86. The quantitative estimate of drug-likeness (QED) is 0.558. The number of halogens is 3. The smallest absolute Gasteiger partial charge is 0.417 e. The molecule has 0 bridgehead atoms. The number of nitrogens with zero attached hydrogens (tertiary/aromatic N) is 2. The van der Waals surface area contributed by atoms with Crippen LogP contribution >= 0.6 is 11.8 Å². The van der Waals surface area contributed by atoms with Crippen LogP contribution < -0.4 is 0 Å². The summed E-state index contributed by atoms with van der Waals surface area (Å²) in [5.41, 5.74) is -1.70. The van der Waals surface area contributed by atoms with E-state index in [1.807, 2.05) is 0 Å². The number of ether oxygens (including phenoxy) is 4. The molecule has 2 aliphatic rings. The van der Waals surface area contributed by atoms with Gasteiger partial charge in [-0.1, -0.05) is 23.9 Å². The van der Waals surface area contributed by atoms with Gasteiger partial charge in [0, 0.05) is 7.05 Å². The lowest BCUT2D eigenvalue weighted by Gasteiger charge is -2.44. The zero-order valence-electron chi connectivity index (χ0n) is 18.4. The highest BCUT2D eigenvalue weighted by Gasteiger charge is 2.58. The molecule has 12 heteroatoms. The van der Waals surface area contributed by atoms with Crippen LogP contribution in [0.2, 0.25) is 0 Å². The molecule has 1 amide bonds. The van der Waals surface area contributed by atoms with Crippen molar-refractivity contribution in [1.29, 1.82) is 0 Å². The van der Waals surface area contributed by atoms with E-state index in [1.54, 1.807) is 20.8 Å². The molecular weight excluding hydrogens is 453 g/mol. The molecule has 2 aliphatic heterocycles. The Morgan fingerprint density at radius 1 is 1.25 bits per heavy atom. The maximum atomic E-state index is 13.4.